The third-order valence-corrected chi connectivity index (χ3v) is 2.84. The third kappa shape index (κ3) is 2.66. The number of hydrogen-bond acceptors (Lipinski definition) is 2. The van der Waals surface area contributed by atoms with Crippen LogP contribution in [0, 0.1) is 0 Å². The van der Waals surface area contributed by atoms with Crippen LogP contribution in [0.25, 0.3) is 0 Å². The van der Waals surface area contributed by atoms with Crippen molar-refractivity contribution in [3.63, 3.8) is 0 Å². The highest BCUT2D eigenvalue weighted by Crippen LogP contribution is 2.23. The number of anilines is 1. The Hall–Kier alpha value is -1.80. The molecule has 2 nitrogen and oxygen atoms in total. The molecule has 2 rings (SSSR count). The Labute approximate surface area is 102 Å². The van der Waals surface area contributed by atoms with E-state index >= 15 is 0 Å². The summed E-state index contributed by atoms with van der Waals surface area (Å²) in [5, 5.41) is 10.2. The Kier molecular flexibility index (Phi) is 3.45. The average Bonchev–Trinajstić information content (AvgIpc) is 2.39. The molecule has 0 saturated carbocycles. The molecule has 1 N–H and O–H groups in total. The zero-order valence-corrected chi connectivity index (χ0v) is 10.2. The number of nitrogens with zero attached hydrogens (tertiary/aromatic N) is 1. The van der Waals surface area contributed by atoms with Crippen molar-refractivity contribution in [2.45, 2.75) is 6.10 Å². The Morgan fingerprint density at radius 1 is 0.824 bits per heavy atom. The molecule has 0 unspecified atom stereocenters. The van der Waals surface area contributed by atoms with Gasteiger partial charge in [0.05, 0.1) is 0 Å². The Bertz CT molecular complexity index is 462. The molecule has 0 fully saturated rings. The van der Waals surface area contributed by atoms with Gasteiger partial charge in [-0.2, -0.15) is 0 Å². The first-order valence-corrected chi connectivity index (χ1v) is 5.69. The van der Waals surface area contributed by atoms with E-state index in [9.17, 15) is 5.11 Å². The lowest BCUT2D eigenvalue weighted by Crippen LogP contribution is -2.08. The Balaban J connectivity index is 2.23. The van der Waals surface area contributed by atoms with Crippen molar-refractivity contribution in [2.24, 2.45) is 0 Å². The summed E-state index contributed by atoms with van der Waals surface area (Å²) in [5.74, 6) is 0. The van der Waals surface area contributed by atoms with E-state index in [1.165, 1.54) is 0 Å². The van der Waals surface area contributed by atoms with E-state index in [-0.39, 0.29) is 0 Å². The molecule has 0 aliphatic rings. The van der Waals surface area contributed by atoms with Crippen LogP contribution in [0.2, 0.25) is 0 Å². The molecular weight excluding hydrogens is 210 g/mol. The van der Waals surface area contributed by atoms with Gasteiger partial charge in [-0.25, -0.2) is 0 Å². The van der Waals surface area contributed by atoms with Gasteiger partial charge in [-0.15, -0.1) is 0 Å². The first-order chi connectivity index (χ1) is 8.18. The van der Waals surface area contributed by atoms with E-state index in [2.05, 4.69) is 0 Å². The average molecular weight is 227 g/mol. The van der Waals surface area contributed by atoms with E-state index in [1.807, 2.05) is 73.6 Å². The van der Waals surface area contributed by atoms with Crippen molar-refractivity contribution in [3.05, 3.63) is 65.7 Å². The molecule has 2 aromatic rings. The molecule has 0 heterocycles. The minimum atomic E-state index is -0.549. The summed E-state index contributed by atoms with van der Waals surface area (Å²) < 4.78 is 0. The normalized spacial score (nSPS) is 12.2. The largest absolute Gasteiger partial charge is 0.384 e. The predicted molar refractivity (Wildman–Crippen MR) is 71.3 cm³/mol. The number of aliphatic hydroxyl groups is 1. The van der Waals surface area contributed by atoms with Gasteiger partial charge < -0.3 is 10.0 Å². The van der Waals surface area contributed by atoms with Crippen molar-refractivity contribution in [3.8, 4) is 0 Å². The fourth-order valence-electron chi connectivity index (χ4n) is 1.78. The van der Waals surface area contributed by atoms with Gasteiger partial charge in [0, 0.05) is 19.8 Å². The van der Waals surface area contributed by atoms with Gasteiger partial charge >= 0.3 is 0 Å². The lowest BCUT2D eigenvalue weighted by molar-refractivity contribution is 0.220. The summed E-state index contributed by atoms with van der Waals surface area (Å²) in [7, 11) is 4.01. The molecule has 0 aliphatic heterocycles. The van der Waals surface area contributed by atoms with Crippen LogP contribution in [0.4, 0.5) is 5.69 Å². The number of aliphatic hydroxyl groups excluding tert-OH is 1. The highest BCUT2D eigenvalue weighted by Gasteiger charge is 2.09. The minimum Gasteiger partial charge on any atom is -0.384 e. The van der Waals surface area contributed by atoms with Crippen LogP contribution < -0.4 is 4.90 Å². The van der Waals surface area contributed by atoms with E-state index < -0.39 is 6.10 Å². The molecule has 88 valence electrons. The lowest BCUT2D eigenvalue weighted by atomic mass is 10.0. The molecule has 2 heteroatoms. The molecule has 0 aromatic heterocycles. The first-order valence-electron chi connectivity index (χ1n) is 5.69. The zero-order chi connectivity index (χ0) is 12.3. The van der Waals surface area contributed by atoms with Gasteiger partial charge in [0.2, 0.25) is 0 Å². The van der Waals surface area contributed by atoms with Gasteiger partial charge in [0.15, 0.2) is 0 Å². The van der Waals surface area contributed by atoms with Crippen LogP contribution in [-0.2, 0) is 0 Å². The zero-order valence-electron chi connectivity index (χ0n) is 10.2. The van der Waals surface area contributed by atoms with Gasteiger partial charge in [0.25, 0.3) is 0 Å². The maximum atomic E-state index is 10.2. The first kappa shape index (κ1) is 11.7. The Morgan fingerprint density at radius 3 is 1.88 bits per heavy atom. The summed E-state index contributed by atoms with van der Waals surface area (Å²) in [6, 6.07) is 17.7. The summed E-state index contributed by atoms with van der Waals surface area (Å²) in [5.41, 5.74) is 2.97. The van der Waals surface area contributed by atoms with Gasteiger partial charge in [-0.05, 0) is 23.3 Å². The maximum absolute atomic E-state index is 10.2. The molecule has 0 spiro atoms. The molecule has 0 saturated heterocycles. The standard InChI is InChI=1S/C15H17NO/c1-16(2)14-10-8-13(9-11-14)15(17)12-6-4-3-5-7-12/h3-11,15,17H,1-2H3/t15-/m0/s1. The van der Waals surface area contributed by atoms with Crippen LogP contribution in [0.15, 0.2) is 54.6 Å². The van der Waals surface area contributed by atoms with Gasteiger partial charge in [0.1, 0.15) is 6.10 Å². The minimum absolute atomic E-state index is 0.549. The van der Waals surface area contributed by atoms with Crippen molar-refractivity contribution < 1.29 is 5.11 Å². The molecule has 0 aliphatic carbocycles. The number of rotatable bonds is 3. The van der Waals surface area contributed by atoms with Crippen molar-refractivity contribution in [1.82, 2.24) is 0 Å². The molecular formula is C15H17NO. The molecule has 2 aromatic carbocycles. The number of hydrogen-bond donors (Lipinski definition) is 1. The Morgan fingerprint density at radius 2 is 1.35 bits per heavy atom. The van der Waals surface area contributed by atoms with Crippen LogP contribution in [0.1, 0.15) is 17.2 Å². The monoisotopic (exact) mass is 227 g/mol. The molecule has 0 amide bonds. The fraction of sp³-hybridized carbons (Fsp3) is 0.200. The van der Waals surface area contributed by atoms with Crippen LogP contribution in [-0.4, -0.2) is 19.2 Å². The molecule has 17 heavy (non-hydrogen) atoms. The highest BCUT2D eigenvalue weighted by atomic mass is 16.3. The SMILES string of the molecule is CN(C)c1ccc([C@@H](O)c2ccccc2)cc1. The smallest absolute Gasteiger partial charge is 0.104 e. The highest BCUT2D eigenvalue weighted by molar-refractivity contribution is 5.47. The van der Waals surface area contributed by atoms with Crippen molar-refractivity contribution in [1.29, 1.82) is 0 Å². The second-order valence-corrected chi connectivity index (χ2v) is 4.30. The summed E-state index contributed by atoms with van der Waals surface area (Å²) >= 11 is 0. The van der Waals surface area contributed by atoms with Crippen LogP contribution in [0.5, 0.6) is 0 Å². The van der Waals surface area contributed by atoms with Crippen LogP contribution in [0.3, 0.4) is 0 Å². The van der Waals surface area contributed by atoms with Crippen molar-refractivity contribution >= 4 is 5.69 Å². The summed E-state index contributed by atoms with van der Waals surface area (Å²) in [6.07, 6.45) is -0.549. The quantitative estimate of drug-likeness (QED) is 0.871. The van der Waals surface area contributed by atoms with E-state index in [1.54, 1.807) is 0 Å². The maximum Gasteiger partial charge on any atom is 0.104 e. The van der Waals surface area contributed by atoms with Gasteiger partial charge in [-0.3, -0.25) is 0 Å². The summed E-state index contributed by atoms with van der Waals surface area (Å²) in [4.78, 5) is 2.04. The van der Waals surface area contributed by atoms with Crippen LogP contribution >= 0.6 is 0 Å². The third-order valence-electron chi connectivity index (χ3n) is 2.84. The lowest BCUT2D eigenvalue weighted by Gasteiger charge is -2.15. The fourth-order valence-corrected chi connectivity index (χ4v) is 1.78. The molecule has 0 bridgehead atoms. The van der Waals surface area contributed by atoms with E-state index in [0.717, 1.165) is 16.8 Å². The topological polar surface area (TPSA) is 23.5 Å². The molecule has 0 radical (unpaired) electrons. The second kappa shape index (κ2) is 5.02. The van der Waals surface area contributed by atoms with E-state index in [4.69, 9.17) is 0 Å². The second-order valence-electron chi connectivity index (χ2n) is 4.30. The predicted octanol–water partition coefficient (Wildman–Crippen LogP) is 2.83. The molecule has 1 atom stereocenters. The van der Waals surface area contributed by atoms with Gasteiger partial charge in [-0.1, -0.05) is 42.5 Å². The van der Waals surface area contributed by atoms with Crippen molar-refractivity contribution in [2.75, 3.05) is 19.0 Å². The summed E-state index contributed by atoms with van der Waals surface area (Å²) in [6.45, 7) is 0. The number of benzene rings is 2. The van der Waals surface area contributed by atoms with E-state index in [0.29, 0.717) is 0 Å².